The quantitative estimate of drug-likeness (QED) is 0.434. The van der Waals surface area contributed by atoms with E-state index in [4.69, 9.17) is 4.74 Å². The fourth-order valence-corrected chi connectivity index (χ4v) is 3.70. The second kappa shape index (κ2) is 12.3. The molecule has 2 N–H and O–H groups in total. The van der Waals surface area contributed by atoms with Crippen LogP contribution in [0, 0.1) is 0 Å². The van der Waals surface area contributed by atoms with Gasteiger partial charge >= 0.3 is 12.2 Å². The largest absolute Gasteiger partial charge is 0.453 e. The van der Waals surface area contributed by atoms with Crippen molar-refractivity contribution in [2.75, 3.05) is 26.5 Å². The summed E-state index contributed by atoms with van der Waals surface area (Å²) in [5.74, 6) is 0. The van der Waals surface area contributed by atoms with Gasteiger partial charge in [0.05, 0.1) is 24.5 Å². The van der Waals surface area contributed by atoms with Gasteiger partial charge in [-0.1, -0.05) is 42.5 Å². The Bertz CT molecular complexity index is 1190. The van der Waals surface area contributed by atoms with E-state index in [1.807, 2.05) is 88.3 Å². The Morgan fingerprint density at radius 1 is 0.973 bits per heavy atom. The minimum absolute atomic E-state index is 0.461. The average Bonchev–Trinajstić information content (AvgIpc) is 2.83. The van der Waals surface area contributed by atoms with Gasteiger partial charge in [0.25, 0.3) is 0 Å². The highest BCUT2D eigenvalue weighted by Gasteiger charge is 2.23. The van der Waals surface area contributed by atoms with Gasteiger partial charge in [0.2, 0.25) is 0 Å². The Hall–Kier alpha value is -3.98. The van der Waals surface area contributed by atoms with Gasteiger partial charge in [0.1, 0.15) is 5.60 Å². The summed E-state index contributed by atoms with van der Waals surface area (Å²) >= 11 is 0. The van der Waals surface area contributed by atoms with Gasteiger partial charge in [-0.2, -0.15) is 10.2 Å². The molecule has 0 bridgehead atoms. The fraction of sp³-hybridized carbons (Fsp3) is 0.357. The van der Waals surface area contributed by atoms with Crippen molar-refractivity contribution in [2.45, 2.75) is 45.4 Å². The first-order valence-electron chi connectivity index (χ1n) is 12.0. The molecular weight excluding hydrogens is 470 g/mol. The molecule has 0 saturated heterocycles. The SMILES string of the molecule is COC(=O)Nc1ccc(-c2cc([C@H](Cc3ccccc3)NC(=O)OC(C)(C)C)nnc2CN(C)C)cc1. The molecular formula is C28H35N5O4. The number of anilines is 1. The molecule has 9 heteroatoms. The van der Waals surface area contributed by atoms with Gasteiger partial charge in [-0.05, 0) is 70.6 Å². The molecule has 0 spiro atoms. The van der Waals surface area contributed by atoms with Gasteiger partial charge in [-0.25, -0.2) is 9.59 Å². The van der Waals surface area contributed by atoms with E-state index in [2.05, 4.69) is 25.6 Å². The van der Waals surface area contributed by atoms with E-state index < -0.39 is 23.8 Å². The van der Waals surface area contributed by atoms with Gasteiger partial charge in [0, 0.05) is 17.8 Å². The van der Waals surface area contributed by atoms with Gasteiger partial charge in [-0.3, -0.25) is 5.32 Å². The number of ether oxygens (including phenoxy) is 2. The molecule has 3 rings (SSSR count). The molecule has 9 nitrogen and oxygen atoms in total. The van der Waals surface area contributed by atoms with Crippen molar-refractivity contribution < 1.29 is 19.1 Å². The zero-order chi connectivity index (χ0) is 27.0. The lowest BCUT2D eigenvalue weighted by Crippen LogP contribution is -2.36. The fourth-order valence-electron chi connectivity index (χ4n) is 3.70. The van der Waals surface area contributed by atoms with E-state index in [0.717, 1.165) is 22.4 Å². The molecule has 3 aromatic rings. The van der Waals surface area contributed by atoms with Crippen LogP contribution in [-0.4, -0.2) is 54.1 Å². The smallest absolute Gasteiger partial charge is 0.411 e. The molecule has 1 aromatic heterocycles. The van der Waals surface area contributed by atoms with Crippen LogP contribution >= 0.6 is 0 Å². The number of hydrogen-bond donors (Lipinski definition) is 2. The third kappa shape index (κ3) is 8.57. The van der Waals surface area contributed by atoms with Crippen molar-refractivity contribution in [3.8, 4) is 11.1 Å². The molecule has 196 valence electrons. The summed E-state index contributed by atoms with van der Waals surface area (Å²) in [6, 6.07) is 18.8. The lowest BCUT2D eigenvalue weighted by molar-refractivity contribution is 0.0502. The molecule has 2 amide bonds. The molecule has 0 unspecified atom stereocenters. The van der Waals surface area contributed by atoms with E-state index in [0.29, 0.717) is 24.3 Å². The van der Waals surface area contributed by atoms with Crippen LogP contribution in [0.1, 0.15) is 43.8 Å². The first-order chi connectivity index (χ1) is 17.5. The minimum atomic E-state index is -0.631. The molecule has 0 aliphatic heterocycles. The molecule has 0 saturated carbocycles. The predicted molar refractivity (Wildman–Crippen MR) is 143 cm³/mol. The highest BCUT2D eigenvalue weighted by molar-refractivity contribution is 5.85. The first kappa shape index (κ1) is 27.6. The molecule has 0 fully saturated rings. The number of alkyl carbamates (subject to hydrolysis) is 1. The van der Waals surface area contributed by atoms with Crippen LogP contribution in [0.4, 0.5) is 15.3 Å². The van der Waals surface area contributed by atoms with Crippen LogP contribution in [-0.2, 0) is 22.4 Å². The maximum atomic E-state index is 12.7. The topological polar surface area (TPSA) is 106 Å². The van der Waals surface area contributed by atoms with Crippen molar-refractivity contribution >= 4 is 17.9 Å². The van der Waals surface area contributed by atoms with Crippen molar-refractivity contribution in [1.82, 2.24) is 20.4 Å². The summed E-state index contributed by atoms with van der Waals surface area (Å²) in [6.45, 7) is 6.05. The number of nitrogens with one attached hydrogen (secondary N) is 2. The molecule has 2 aromatic carbocycles. The summed E-state index contributed by atoms with van der Waals surface area (Å²) in [4.78, 5) is 26.3. The van der Waals surface area contributed by atoms with Crippen molar-refractivity contribution in [3.63, 3.8) is 0 Å². The van der Waals surface area contributed by atoms with Crippen LogP contribution in [0.3, 0.4) is 0 Å². The number of rotatable bonds is 8. The zero-order valence-electron chi connectivity index (χ0n) is 22.2. The Balaban J connectivity index is 1.99. The van der Waals surface area contributed by atoms with E-state index >= 15 is 0 Å². The predicted octanol–water partition coefficient (Wildman–Crippen LogP) is 5.19. The summed E-state index contributed by atoms with van der Waals surface area (Å²) < 4.78 is 10.2. The van der Waals surface area contributed by atoms with Crippen LogP contribution in [0.5, 0.6) is 0 Å². The first-order valence-corrected chi connectivity index (χ1v) is 12.0. The van der Waals surface area contributed by atoms with Crippen LogP contribution < -0.4 is 10.6 Å². The normalized spacial score (nSPS) is 12.1. The Morgan fingerprint density at radius 2 is 1.65 bits per heavy atom. The monoisotopic (exact) mass is 505 g/mol. The Labute approximate surface area is 218 Å². The maximum Gasteiger partial charge on any atom is 0.411 e. The average molecular weight is 506 g/mol. The Morgan fingerprint density at radius 3 is 2.24 bits per heavy atom. The number of carbonyl (C=O) groups is 2. The molecule has 37 heavy (non-hydrogen) atoms. The van der Waals surface area contributed by atoms with Gasteiger partial charge < -0.3 is 19.7 Å². The summed E-state index contributed by atoms with van der Waals surface area (Å²) in [7, 11) is 5.24. The van der Waals surface area contributed by atoms with Gasteiger partial charge in [-0.15, -0.1) is 0 Å². The van der Waals surface area contributed by atoms with E-state index in [9.17, 15) is 9.59 Å². The summed E-state index contributed by atoms with van der Waals surface area (Å²) in [5.41, 5.74) is 4.21. The van der Waals surface area contributed by atoms with Crippen LogP contribution in [0.2, 0.25) is 0 Å². The summed E-state index contributed by atoms with van der Waals surface area (Å²) in [6.07, 6.45) is -0.540. The van der Waals surface area contributed by atoms with Crippen LogP contribution in [0.15, 0.2) is 60.7 Å². The molecule has 0 radical (unpaired) electrons. The number of carbonyl (C=O) groups excluding carboxylic acids is 2. The number of hydrogen-bond acceptors (Lipinski definition) is 7. The van der Waals surface area contributed by atoms with Gasteiger partial charge in [0.15, 0.2) is 0 Å². The van der Waals surface area contributed by atoms with Crippen LogP contribution in [0.25, 0.3) is 11.1 Å². The highest BCUT2D eigenvalue weighted by atomic mass is 16.6. The lowest BCUT2D eigenvalue weighted by Gasteiger charge is -2.24. The minimum Gasteiger partial charge on any atom is -0.453 e. The van der Waals surface area contributed by atoms with Crippen molar-refractivity contribution in [1.29, 1.82) is 0 Å². The number of amides is 2. The number of methoxy groups -OCH3 is 1. The summed E-state index contributed by atoms with van der Waals surface area (Å²) in [5, 5.41) is 14.7. The standard InChI is InChI=1S/C28H35N5O4/c1-28(2,3)37-27(35)30-23(16-19-10-8-7-9-11-19)24-17-22(25(32-31-24)18-33(4)5)20-12-14-21(15-13-20)29-26(34)36-6/h7-15,17,23H,16,18H2,1-6H3,(H,29,34)(H,30,35)/t23-/m0/s1. The van der Waals surface area contributed by atoms with E-state index in [-0.39, 0.29) is 0 Å². The van der Waals surface area contributed by atoms with Crippen molar-refractivity contribution in [2.24, 2.45) is 0 Å². The lowest BCUT2D eigenvalue weighted by atomic mass is 9.98. The van der Waals surface area contributed by atoms with E-state index in [1.54, 1.807) is 12.1 Å². The molecule has 1 heterocycles. The second-order valence-corrected chi connectivity index (χ2v) is 9.95. The molecule has 1 atom stereocenters. The van der Waals surface area contributed by atoms with Crippen molar-refractivity contribution in [3.05, 3.63) is 77.6 Å². The highest BCUT2D eigenvalue weighted by Crippen LogP contribution is 2.28. The Kier molecular flexibility index (Phi) is 9.19. The number of nitrogens with zero attached hydrogens (tertiary/aromatic N) is 3. The zero-order valence-corrected chi connectivity index (χ0v) is 22.2. The third-order valence-electron chi connectivity index (χ3n) is 5.31. The third-order valence-corrected chi connectivity index (χ3v) is 5.31. The van der Waals surface area contributed by atoms with E-state index in [1.165, 1.54) is 7.11 Å². The number of benzene rings is 2. The second-order valence-electron chi connectivity index (χ2n) is 9.95. The molecule has 0 aliphatic carbocycles. The number of aromatic nitrogens is 2. The maximum absolute atomic E-state index is 12.7. The molecule has 0 aliphatic rings.